The summed E-state index contributed by atoms with van der Waals surface area (Å²) >= 11 is 0. The van der Waals surface area contributed by atoms with Crippen LogP contribution in [0, 0.1) is 20.2 Å². The molecule has 7 rings (SSSR count). The third-order valence-corrected chi connectivity index (χ3v) is 9.30. The van der Waals surface area contributed by atoms with Crippen molar-refractivity contribution in [2.45, 2.75) is 4.90 Å². The molecule has 0 aliphatic carbocycles. The molecule has 0 aromatic heterocycles. The van der Waals surface area contributed by atoms with Gasteiger partial charge in [0.2, 0.25) is 0 Å². The second-order valence-electron chi connectivity index (χ2n) is 12.0. The summed E-state index contributed by atoms with van der Waals surface area (Å²) < 4.78 is 39.4. The first-order chi connectivity index (χ1) is 28.1. The topological polar surface area (TPSA) is 323 Å². The number of anilines is 1. The van der Waals surface area contributed by atoms with Gasteiger partial charge < -0.3 is 29.7 Å². The molecule has 1 amide bonds. The number of benzene rings is 7. The third-order valence-electron chi connectivity index (χ3n) is 8.43. The van der Waals surface area contributed by atoms with E-state index in [9.17, 15) is 58.4 Å². The molecule has 0 saturated carbocycles. The number of carbonyl (C=O) groups is 1. The van der Waals surface area contributed by atoms with Crippen molar-refractivity contribution in [1.82, 2.24) is 0 Å². The van der Waals surface area contributed by atoms with Gasteiger partial charge in [-0.05, 0) is 29.0 Å². The zero-order valence-electron chi connectivity index (χ0n) is 32.2. The molecular weight excluding hydrogens is 892 g/mol. The summed E-state index contributed by atoms with van der Waals surface area (Å²) in [5, 5.41) is 90.4. The second kappa shape index (κ2) is 21.3. The number of nitrogens with zero attached hydrogens (tertiary/aromatic N) is 6. The summed E-state index contributed by atoms with van der Waals surface area (Å²) in [4.78, 5) is 31.2. The van der Waals surface area contributed by atoms with Gasteiger partial charge in [0.15, 0.2) is 0 Å². The van der Waals surface area contributed by atoms with Crippen LogP contribution in [0.5, 0.6) is 23.0 Å². The second-order valence-corrected chi connectivity index (χ2v) is 13.4. The van der Waals surface area contributed by atoms with Crippen molar-refractivity contribution in [3.05, 3.63) is 129 Å². The molecule has 0 spiro atoms. The molecule has 0 saturated heterocycles. The van der Waals surface area contributed by atoms with Gasteiger partial charge in [0.05, 0.1) is 50.3 Å². The van der Waals surface area contributed by atoms with Crippen LogP contribution in [0.1, 0.15) is 0 Å². The Bertz CT molecular complexity index is 3050. The summed E-state index contributed by atoms with van der Waals surface area (Å²) in [6.45, 7) is 0. The minimum atomic E-state index is -5.11. The summed E-state index contributed by atoms with van der Waals surface area (Å²) in [7, 11) is -3.92. The van der Waals surface area contributed by atoms with Crippen LogP contribution >= 0.6 is 0 Å². The van der Waals surface area contributed by atoms with Crippen LogP contribution in [-0.4, -0.2) is 36.0 Å². The molecule has 0 heterocycles. The van der Waals surface area contributed by atoms with Gasteiger partial charge in [-0.1, -0.05) is 89.7 Å². The number of nitro benzene ring substituents is 2. The maximum atomic E-state index is 12.5. The van der Waals surface area contributed by atoms with Gasteiger partial charge in [-0.2, -0.15) is 20.5 Å². The van der Waals surface area contributed by atoms with E-state index in [-0.39, 0.29) is 121 Å². The van der Waals surface area contributed by atoms with Gasteiger partial charge in [-0.3, -0.25) is 25.5 Å². The van der Waals surface area contributed by atoms with Gasteiger partial charge in [0.25, 0.3) is 11.4 Å². The predicted molar refractivity (Wildman–Crippen MR) is 202 cm³/mol. The first kappa shape index (κ1) is 50.6. The summed E-state index contributed by atoms with van der Waals surface area (Å²) in [5.74, 6) is -2.48. The Morgan fingerprint density at radius 1 is 0.613 bits per heavy atom. The van der Waals surface area contributed by atoms with E-state index < -0.39 is 59.6 Å². The molecule has 7 aromatic rings. The monoisotopic (exact) mass is 914 g/mol. The zero-order chi connectivity index (χ0) is 42.6. The number of nitrogens with one attached hydrogen (secondary N) is 1. The average molecular weight is 915 g/mol. The number of hydrogen-bond acceptors (Lipinski definition) is 17. The SMILES string of the molecule is COC(=O)Nc1cccc2ccc([O-])c(N=Nc3cc([N+](=O)[O-])ccc3[O-])c12.O=[N+]([O-])c1ccc2c(N=Nc3c([O-])ccc4ccccc34)c([O-])cc(S(=O)(=O)[O-])c2c1.[Cr+3].[Na+].[Na+]. The fraction of sp³-hybridized carbons (Fsp3) is 0.0263. The van der Waals surface area contributed by atoms with Crippen LogP contribution in [0.15, 0.2) is 135 Å². The van der Waals surface area contributed by atoms with Crippen LogP contribution in [-0.2, 0) is 32.2 Å². The summed E-state index contributed by atoms with van der Waals surface area (Å²) in [6.07, 6.45) is -0.743. The maximum absolute atomic E-state index is 12.5. The van der Waals surface area contributed by atoms with Crippen molar-refractivity contribution < 1.29 is 129 Å². The standard InChI is InChI=1S/C20H13N3O7S.C18H14N4O6.Cr.2Na/c24-16-8-5-11-3-1-2-4-13(11)19(16)21-22-20-14-7-6-12(23(26)27)9-15(14)18(10-17(20)25)31(28,29)30;1-28-18(25)19-12-4-2-3-10-5-7-15(24)17(16(10)12)21-20-13-9-11(22(26)27)6-8-14(13)23;;;/h1-10,24-25H,(H,28,29,30);2-9,23-24H,1H3,(H,19,25);;;/q;;+3;2*+1/p-5. The Morgan fingerprint density at radius 2 is 1.16 bits per heavy atom. The number of non-ortho nitro benzene ring substituents is 2. The van der Waals surface area contributed by atoms with Crippen LogP contribution in [0.4, 0.5) is 44.6 Å². The molecule has 0 fully saturated rings. The number of ether oxygens (including phenoxy) is 1. The third kappa shape index (κ3) is 11.2. The van der Waals surface area contributed by atoms with Crippen molar-refractivity contribution in [1.29, 1.82) is 0 Å². The van der Waals surface area contributed by atoms with E-state index in [4.69, 9.17) is 0 Å². The van der Waals surface area contributed by atoms with Crippen molar-refractivity contribution in [3.63, 3.8) is 0 Å². The molecule has 1 N–H and O–H groups in total. The van der Waals surface area contributed by atoms with E-state index in [1.165, 1.54) is 19.2 Å². The van der Waals surface area contributed by atoms with Crippen LogP contribution < -0.4 is 84.9 Å². The number of amides is 1. The fourth-order valence-electron chi connectivity index (χ4n) is 5.71. The van der Waals surface area contributed by atoms with E-state index in [0.717, 1.165) is 36.4 Å². The number of carbonyl (C=O) groups excluding carboxylic acids is 1. The van der Waals surface area contributed by atoms with Crippen molar-refractivity contribution in [3.8, 4) is 23.0 Å². The summed E-state index contributed by atoms with van der Waals surface area (Å²) in [6, 6.07) is 24.1. The molecule has 0 aliphatic rings. The van der Waals surface area contributed by atoms with Gasteiger partial charge in [0.1, 0.15) is 10.1 Å². The largest absolute Gasteiger partial charge is 3.00 e. The van der Waals surface area contributed by atoms with Crippen LogP contribution in [0.2, 0.25) is 0 Å². The average Bonchev–Trinajstić information content (AvgIpc) is 3.20. The Hall–Kier alpha value is -5.77. The molecule has 0 unspecified atom stereocenters. The zero-order valence-corrected chi connectivity index (χ0v) is 38.3. The number of methoxy groups -OCH3 is 1. The quantitative estimate of drug-likeness (QED) is 0.0728. The van der Waals surface area contributed by atoms with Gasteiger partial charge in [0, 0.05) is 45.8 Å². The van der Waals surface area contributed by atoms with Crippen LogP contribution in [0.25, 0.3) is 32.3 Å². The van der Waals surface area contributed by atoms with Crippen molar-refractivity contribution in [2.75, 3.05) is 12.4 Å². The number of azo groups is 2. The Balaban J connectivity index is 0.000000317. The number of nitro groups is 2. The van der Waals surface area contributed by atoms with Gasteiger partial charge in [-0.15, -0.1) is 0 Å². The number of rotatable bonds is 8. The molecule has 62 heavy (non-hydrogen) atoms. The van der Waals surface area contributed by atoms with Crippen molar-refractivity contribution in [2.24, 2.45) is 20.5 Å². The Kier molecular flexibility index (Phi) is 17.4. The molecule has 1 radical (unpaired) electrons. The van der Waals surface area contributed by atoms with E-state index >= 15 is 0 Å². The normalized spacial score (nSPS) is 10.9. The molecule has 7 aromatic carbocycles. The molecule has 301 valence electrons. The molecule has 24 heteroatoms. The minimum Gasteiger partial charge on any atom is -0.871 e. The Morgan fingerprint density at radius 3 is 1.81 bits per heavy atom. The molecule has 20 nitrogen and oxygen atoms in total. The van der Waals surface area contributed by atoms with Gasteiger partial charge in [-0.25, -0.2) is 13.2 Å². The molecule has 0 aliphatic heterocycles. The molecule has 0 bridgehead atoms. The smallest absolute Gasteiger partial charge is 0.871 e. The van der Waals surface area contributed by atoms with E-state index in [0.29, 0.717) is 27.6 Å². The van der Waals surface area contributed by atoms with Gasteiger partial charge >= 0.3 is 82.6 Å². The number of fused-ring (bicyclic) bond motifs is 3. The number of hydrogen-bond donors (Lipinski definition) is 1. The fourth-order valence-corrected chi connectivity index (χ4v) is 6.40. The van der Waals surface area contributed by atoms with E-state index in [1.807, 2.05) is 0 Å². The Labute approximate surface area is 404 Å². The predicted octanol–water partition coefficient (Wildman–Crippen LogP) is 0.862. The molecule has 0 atom stereocenters. The van der Waals surface area contributed by atoms with E-state index in [2.05, 4.69) is 30.5 Å². The first-order valence-corrected chi connectivity index (χ1v) is 17.9. The molecular formula is C38H22CrN7Na2O13S. The van der Waals surface area contributed by atoms with Crippen molar-refractivity contribution >= 4 is 88.3 Å². The van der Waals surface area contributed by atoms with E-state index in [1.54, 1.807) is 54.6 Å². The van der Waals surface area contributed by atoms with Crippen LogP contribution in [0.3, 0.4) is 0 Å². The minimum absolute atomic E-state index is 0. The maximum Gasteiger partial charge on any atom is 3.00 e. The summed E-state index contributed by atoms with van der Waals surface area (Å²) in [5.41, 5.74) is -1.36. The first-order valence-electron chi connectivity index (χ1n) is 16.5.